The maximum atomic E-state index is 8.83. The average Bonchev–Trinajstić information content (AvgIpc) is 2.18. The Hall–Kier alpha value is -0.670. The van der Waals surface area contributed by atoms with Crippen molar-refractivity contribution in [2.75, 3.05) is 12.3 Å². The third-order valence-corrected chi connectivity index (χ3v) is 3.73. The minimum Gasteiger partial charge on any atom is -0.399 e. The highest BCUT2D eigenvalue weighted by Gasteiger charge is 2.10. The lowest BCUT2D eigenvalue weighted by molar-refractivity contribution is 0.289. The fourth-order valence-electron chi connectivity index (χ4n) is 1.49. The molecule has 0 aliphatic rings. The second-order valence-electron chi connectivity index (χ2n) is 3.77. The predicted molar refractivity (Wildman–Crippen MR) is 68.0 cm³/mol. The van der Waals surface area contributed by atoms with Gasteiger partial charge in [0.2, 0.25) is 0 Å². The van der Waals surface area contributed by atoms with Gasteiger partial charge in [-0.25, -0.2) is 0 Å². The first kappa shape index (κ1) is 12.4. The molecular formula is C12H19NOS. The Kier molecular flexibility index (Phi) is 4.99. The average molecular weight is 225 g/mol. The van der Waals surface area contributed by atoms with Crippen molar-refractivity contribution >= 4 is 17.4 Å². The third kappa shape index (κ3) is 4.14. The van der Waals surface area contributed by atoms with Crippen LogP contribution in [0.25, 0.3) is 0 Å². The molecule has 0 saturated heterocycles. The van der Waals surface area contributed by atoms with Crippen molar-refractivity contribution in [2.24, 2.45) is 0 Å². The molecule has 2 unspecified atom stereocenters. The SMILES string of the molecule is CC(CCO)SC(C)c1cccc(N)c1. The smallest absolute Gasteiger partial charge is 0.0441 e. The van der Waals surface area contributed by atoms with Crippen LogP contribution in [-0.4, -0.2) is 17.0 Å². The number of anilines is 1. The van der Waals surface area contributed by atoms with Gasteiger partial charge in [0.15, 0.2) is 0 Å². The predicted octanol–water partition coefficient (Wildman–Crippen LogP) is 2.83. The van der Waals surface area contributed by atoms with Crippen molar-refractivity contribution in [3.8, 4) is 0 Å². The first-order valence-electron chi connectivity index (χ1n) is 5.25. The molecule has 0 heterocycles. The molecule has 0 radical (unpaired) electrons. The monoisotopic (exact) mass is 225 g/mol. The van der Waals surface area contributed by atoms with E-state index in [1.807, 2.05) is 30.0 Å². The maximum absolute atomic E-state index is 8.83. The highest BCUT2D eigenvalue weighted by Crippen LogP contribution is 2.33. The quantitative estimate of drug-likeness (QED) is 0.757. The molecule has 1 rings (SSSR count). The Labute approximate surface area is 95.9 Å². The molecule has 2 atom stereocenters. The second-order valence-corrected chi connectivity index (χ2v) is 5.56. The molecule has 0 fully saturated rings. The number of benzene rings is 1. The maximum Gasteiger partial charge on any atom is 0.0441 e. The minimum absolute atomic E-state index is 0.262. The van der Waals surface area contributed by atoms with E-state index < -0.39 is 0 Å². The van der Waals surface area contributed by atoms with Crippen LogP contribution >= 0.6 is 11.8 Å². The van der Waals surface area contributed by atoms with Crippen molar-refractivity contribution in [2.45, 2.75) is 30.8 Å². The van der Waals surface area contributed by atoms with Crippen LogP contribution in [0.5, 0.6) is 0 Å². The molecule has 0 bridgehead atoms. The first-order chi connectivity index (χ1) is 7.13. The van der Waals surface area contributed by atoms with Gasteiger partial charge in [-0.1, -0.05) is 19.1 Å². The summed E-state index contributed by atoms with van der Waals surface area (Å²) in [4.78, 5) is 0. The van der Waals surface area contributed by atoms with E-state index in [-0.39, 0.29) is 6.61 Å². The fraction of sp³-hybridized carbons (Fsp3) is 0.500. The lowest BCUT2D eigenvalue weighted by atomic mass is 10.1. The molecule has 1 aromatic carbocycles. The number of hydrogen-bond acceptors (Lipinski definition) is 3. The molecule has 84 valence electrons. The second kappa shape index (κ2) is 6.03. The molecule has 2 nitrogen and oxygen atoms in total. The number of aliphatic hydroxyl groups excluding tert-OH is 1. The topological polar surface area (TPSA) is 46.2 Å². The van der Waals surface area contributed by atoms with E-state index in [2.05, 4.69) is 19.9 Å². The van der Waals surface area contributed by atoms with Gasteiger partial charge in [0.1, 0.15) is 0 Å². The Balaban J connectivity index is 2.56. The molecule has 3 heteroatoms. The van der Waals surface area contributed by atoms with Crippen LogP contribution in [0.15, 0.2) is 24.3 Å². The Bertz CT molecular complexity index is 303. The molecule has 1 aromatic rings. The van der Waals surface area contributed by atoms with Crippen LogP contribution in [0.4, 0.5) is 5.69 Å². The summed E-state index contributed by atoms with van der Waals surface area (Å²) in [7, 11) is 0. The van der Waals surface area contributed by atoms with E-state index in [4.69, 9.17) is 10.8 Å². The zero-order valence-corrected chi connectivity index (χ0v) is 10.1. The van der Waals surface area contributed by atoms with E-state index in [0.29, 0.717) is 10.5 Å². The lowest BCUT2D eigenvalue weighted by Crippen LogP contribution is -2.02. The van der Waals surface area contributed by atoms with Gasteiger partial charge in [0.25, 0.3) is 0 Å². The van der Waals surface area contributed by atoms with E-state index in [9.17, 15) is 0 Å². The number of nitrogen functional groups attached to an aromatic ring is 1. The van der Waals surface area contributed by atoms with Crippen LogP contribution in [-0.2, 0) is 0 Å². The van der Waals surface area contributed by atoms with Crippen molar-refractivity contribution in [1.29, 1.82) is 0 Å². The van der Waals surface area contributed by atoms with Gasteiger partial charge < -0.3 is 10.8 Å². The summed E-state index contributed by atoms with van der Waals surface area (Å²) in [6.07, 6.45) is 0.845. The molecule has 3 N–H and O–H groups in total. The van der Waals surface area contributed by atoms with Gasteiger partial charge in [-0.2, -0.15) is 11.8 Å². The zero-order valence-electron chi connectivity index (χ0n) is 9.31. The van der Waals surface area contributed by atoms with Gasteiger partial charge in [0, 0.05) is 22.8 Å². The van der Waals surface area contributed by atoms with E-state index in [1.54, 1.807) is 0 Å². The third-order valence-electron chi connectivity index (χ3n) is 2.35. The summed E-state index contributed by atoms with van der Waals surface area (Å²) < 4.78 is 0. The van der Waals surface area contributed by atoms with E-state index in [1.165, 1.54) is 5.56 Å². The molecule has 0 aliphatic heterocycles. The number of rotatable bonds is 5. The fourth-order valence-corrected chi connectivity index (χ4v) is 2.73. The highest BCUT2D eigenvalue weighted by atomic mass is 32.2. The van der Waals surface area contributed by atoms with Crippen LogP contribution in [0, 0.1) is 0 Å². The normalized spacial score (nSPS) is 14.9. The molecule has 0 spiro atoms. The summed E-state index contributed by atoms with van der Waals surface area (Å²) in [5.41, 5.74) is 7.81. The van der Waals surface area contributed by atoms with Crippen LogP contribution < -0.4 is 5.73 Å². The number of thioether (sulfide) groups is 1. The summed E-state index contributed by atoms with van der Waals surface area (Å²) in [5, 5.41) is 9.74. The lowest BCUT2D eigenvalue weighted by Gasteiger charge is -2.17. The van der Waals surface area contributed by atoms with Crippen LogP contribution in [0.3, 0.4) is 0 Å². The Morgan fingerprint density at radius 2 is 2.13 bits per heavy atom. The number of nitrogens with two attached hydrogens (primary N) is 1. The molecule has 0 aliphatic carbocycles. The van der Waals surface area contributed by atoms with Crippen molar-refractivity contribution < 1.29 is 5.11 Å². The van der Waals surface area contributed by atoms with Gasteiger partial charge in [-0.05, 0) is 31.0 Å². The number of hydrogen-bond donors (Lipinski definition) is 2. The highest BCUT2D eigenvalue weighted by molar-refractivity contribution is 8.00. The largest absolute Gasteiger partial charge is 0.399 e. The van der Waals surface area contributed by atoms with Gasteiger partial charge in [-0.15, -0.1) is 0 Å². The Morgan fingerprint density at radius 3 is 2.73 bits per heavy atom. The summed E-state index contributed by atoms with van der Waals surface area (Å²) in [5.74, 6) is 0. The molecule has 0 saturated carbocycles. The number of aliphatic hydroxyl groups is 1. The summed E-state index contributed by atoms with van der Waals surface area (Å²) in [6.45, 7) is 4.58. The molecule has 0 aromatic heterocycles. The van der Waals surface area contributed by atoms with Crippen molar-refractivity contribution in [1.82, 2.24) is 0 Å². The zero-order chi connectivity index (χ0) is 11.3. The first-order valence-corrected chi connectivity index (χ1v) is 6.19. The molecule has 15 heavy (non-hydrogen) atoms. The van der Waals surface area contributed by atoms with E-state index >= 15 is 0 Å². The van der Waals surface area contributed by atoms with E-state index in [0.717, 1.165) is 12.1 Å². The van der Waals surface area contributed by atoms with Crippen molar-refractivity contribution in [3.05, 3.63) is 29.8 Å². The van der Waals surface area contributed by atoms with Gasteiger partial charge in [-0.3, -0.25) is 0 Å². The summed E-state index contributed by atoms with van der Waals surface area (Å²) in [6, 6.07) is 8.00. The molecular weight excluding hydrogens is 206 g/mol. The van der Waals surface area contributed by atoms with Crippen molar-refractivity contribution in [3.63, 3.8) is 0 Å². The van der Waals surface area contributed by atoms with Crippen LogP contribution in [0.2, 0.25) is 0 Å². The Morgan fingerprint density at radius 1 is 1.40 bits per heavy atom. The van der Waals surface area contributed by atoms with Gasteiger partial charge >= 0.3 is 0 Å². The van der Waals surface area contributed by atoms with Gasteiger partial charge in [0.05, 0.1) is 0 Å². The van der Waals surface area contributed by atoms with Crippen LogP contribution in [0.1, 0.15) is 31.1 Å². The standard InChI is InChI=1S/C12H19NOS/c1-9(6-7-14)15-10(2)11-4-3-5-12(13)8-11/h3-5,8-10,14H,6-7,13H2,1-2H3. The molecule has 0 amide bonds. The summed E-state index contributed by atoms with van der Waals surface area (Å²) >= 11 is 1.87. The minimum atomic E-state index is 0.262.